The van der Waals surface area contributed by atoms with Gasteiger partial charge in [-0.3, -0.25) is 0 Å². The first-order valence-electron chi connectivity index (χ1n) is 6.13. The number of likely N-dealkylation sites (N-methyl/N-ethyl adjacent to an activating group) is 1. The Balaban J connectivity index is 2.44. The molecule has 0 aliphatic carbocycles. The lowest BCUT2D eigenvalue weighted by atomic mass is 10.1. The summed E-state index contributed by atoms with van der Waals surface area (Å²) in [5.41, 5.74) is 0. The zero-order valence-corrected chi connectivity index (χ0v) is 11.2. The monoisotopic (exact) mass is 241 g/mol. The van der Waals surface area contributed by atoms with Crippen LogP contribution in [0, 0.1) is 5.92 Å². The maximum Gasteiger partial charge on any atom is 0.228 e. The van der Waals surface area contributed by atoms with Crippen molar-refractivity contribution in [2.75, 3.05) is 20.8 Å². The molecule has 0 amide bonds. The van der Waals surface area contributed by atoms with Gasteiger partial charge in [-0.15, -0.1) is 0 Å². The van der Waals surface area contributed by atoms with Crippen LogP contribution in [0.1, 0.15) is 32.0 Å². The Hall–Kier alpha value is -0.940. The molecule has 1 unspecified atom stereocenters. The van der Waals surface area contributed by atoms with E-state index < -0.39 is 0 Å². The van der Waals surface area contributed by atoms with Gasteiger partial charge < -0.3 is 14.6 Å². The van der Waals surface area contributed by atoms with E-state index in [1.807, 2.05) is 7.05 Å². The molecule has 1 heterocycles. The van der Waals surface area contributed by atoms with E-state index in [1.165, 1.54) is 0 Å². The highest BCUT2D eigenvalue weighted by Gasteiger charge is 2.13. The van der Waals surface area contributed by atoms with Crippen molar-refractivity contribution in [3.8, 4) is 0 Å². The molecule has 1 rings (SSSR count). The van der Waals surface area contributed by atoms with Gasteiger partial charge in [0.05, 0.1) is 6.61 Å². The summed E-state index contributed by atoms with van der Waals surface area (Å²) in [6.07, 6.45) is 2.68. The molecule has 0 aliphatic heterocycles. The fraction of sp³-hybridized carbons (Fsp3) is 0.833. The molecule has 5 nitrogen and oxygen atoms in total. The fourth-order valence-corrected chi connectivity index (χ4v) is 1.55. The zero-order chi connectivity index (χ0) is 12.7. The number of nitrogens with zero attached hydrogens (tertiary/aromatic N) is 2. The molecule has 1 atom stereocenters. The predicted molar refractivity (Wildman–Crippen MR) is 65.9 cm³/mol. The van der Waals surface area contributed by atoms with E-state index in [4.69, 9.17) is 9.26 Å². The van der Waals surface area contributed by atoms with E-state index in [0.717, 1.165) is 18.7 Å². The minimum absolute atomic E-state index is 0.221. The molecule has 0 radical (unpaired) electrons. The molecule has 5 heteroatoms. The highest BCUT2D eigenvalue weighted by atomic mass is 16.5. The summed E-state index contributed by atoms with van der Waals surface area (Å²) in [5.74, 6) is 2.15. The molecule has 1 aromatic rings. The minimum Gasteiger partial charge on any atom is -0.383 e. The molecular formula is C12H23N3O2. The van der Waals surface area contributed by atoms with Crippen molar-refractivity contribution in [1.82, 2.24) is 15.5 Å². The van der Waals surface area contributed by atoms with Crippen LogP contribution in [-0.4, -0.2) is 36.9 Å². The molecule has 1 N–H and O–H groups in total. The maximum absolute atomic E-state index is 5.22. The summed E-state index contributed by atoms with van der Waals surface area (Å²) in [4.78, 5) is 4.38. The first-order valence-corrected chi connectivity index (χ1v) is 6.13. The molecule has 1 aromatic heterocycles. The van der Waals surface area contributed by atoms with Crippen molar-refractivity contribution in [1.29, 1.82) is 0 Å². The molecular weight excluding hydrogens is 218 g/mol. The standard InChI is InChI=1S/C12H23N3O2/c1-9(2)5-6-11-14-12(17-15-11)7-10(13-3)8-16-4/h9-10,13H,5-8H2,1-4H3. The van der Waals surface area contributed by atoms with Gasteiger partial charge in [0.25, 0.3) is 0 Å². The van der Waals surface area contributed by atoms with E-state index in [1.54, 1.807) is 7.11 Å². The van der Waals surface area contributed by atoms with Gasteiger partial charge in [-0.2, -0.15) is 4.98 Å². The third-order valence-corrected chi connectivity index (χ3v) is 2.65. The van der Waals surface area contributed by atoms with E-state index >= 15 is 0 Å². The molecule has 0 spiro atoms. The van der Waals surface area contributed by atoms with Crippen LogP contribution >= 0.6 is 0 Å². The van der Waals surface area contributed by atoms with Gasteiger partial charge >= 0.3 is 0 Å². The highest BCUT2D eigenvalue weighted by Crippen LogP contribution is 2.07. The minimum atomic E-state index is 0.221. The second-order valence-electron chi connectivity index (χ2n) is 4.68. The molecule has 17 heavy (non-hydrogen) atoms. The maximum atomic E-state index is 5.22. The van der Waals surface area contributed by atoms with Gasteiger partial charge in [0.2, 0.25) is 5.89 Å². The highest BCUT2D eigenvalue weighted by molar-refractivity contribution is 4.89. The van der Waals surface area contributed by atoms with E-state index in [-0.39, 0.29) is 6.04 Å². The number of aromatic nitrogens is 2. The summed E-state index contributed by atoms with van der Waals surface area (Å²) in [6, 6.07) is 0.221. The van der Waals surface area contributed by atoms with Crippen molar-refractivity contribution in [2.24, 2.45) is 5.92 Å². The summed E-state index contributed by atoms with van der Waals surface area (Å²) in [5, 5.41) is 7.14. The van der Waals surface area contributed by atoms with E-state index in [9.17, 15) is 0 Å². The van der Waals surface area contributed by atoms with Gasteiger partial charge in [0.1, 0.15) is 0 Å². The van der Waals surface area contributed by atoms with Crippen molar-refractivity contribution in [2.45, 2.75) is 39.2 Å². The van der Waals surface area contributed by atoms with Gasteiger partial charge in [0.15, 0.2) is 5.82 Å². The van der Waals surface area contributed by atoms with Gasteiger partial charge in [-0.05, 0) is 19.4 Å². The quantitative estimate of drug-likeness (QED) is 0.746. The van der Waals surface area contributed by atoms with E-state index in [2.05, 4.69) is 29.3 Å². The van der Waals surface area contributed by atoms with Crippen molar-refractivity contribution in [3.05, 3.63) is 11.7 Å². The van der Waals surface area contributed by atoms with Crippen LogP contribution in [0.4, 0.5) is 0 Å². The van der Waals surface area contributed by atoms with Crippen LogP contribution in [0.2, 0.25) is 0 Å². The second-order valence-corrected chi connectivity index (χ2v) is 4.68. The van der Waals surface area contributed by atoms with E-state index in [0.29, 0.717) is 24.8 Å². The first-order chi connectivity index (χ1) is 8.15. The van der Waals surface area contributed by atoms with Crippen LogP contribution in [0.15, 0.2) is 4.52 Å². The summed E-state index contributed by atoms with van der Waals surface area (Å²) in [6.45, 7) is 5.02. The molecule has 0 fully saturated rings. The Bertz CT molecular complexity index is 312. The Morgan fingerprint density at radius 1 is 1.41 bits per heavy atom. The topological polar surface area (TPSA) is 60.2 Å². The smallest absolute Gasteiger partial charge is 0.228 e. The van der Waals surface area contributed by atoms with Crippen LogP contribution in [0.25, 0.3) is 0 Å². The van der Waals surface area contributed by atoms with Gasteiger partial charge in [-0.1, -0.05) is 19.0 Å². The van der Waals surface area contributed by atoms with Crippen molar-refractivity contribution < 1.29 is 9.26 Å². The number of rotatable bonds is 8. The number of hydrogen-bond acceptors (Lipinski definition) is 5. The average Bonchev–Trinajstić information content (AvgIpc) is 2.73. The Morgan fingerprint density at radius 2 is 2.18 bits per heavy atom. The lowest BCUT2D eigenvalue weighted by Gasteiger charge is -2.11. The van der Waals surface area contributed by atoms with Gasteiger partial charge in [-0.25, -0.2) is 0 Å². The summed E-state index contributed by atoms with van der Waals surface area (Å²) >= 11 is 0. The fourth-order valence-electron chi connectivity index (χ4n) is 1.55. The van der Waals surface area contributed by atoms with Crippen LogP contribution in [0.3, 0.4) is 0 Å². The number of nitrogens with one attached hydrogen (secondary N) is 1. The number of hydrogen-bond donors (Lipinski definition) is 1. The second kappa shape index (κ2) is 7.40. The average molecular weight is 241 g/mol. The number of ether oxygens (including phenoxy) is 1. The number of aryl methyl sites for hydroxylation is 1. The molecule has 0 aliphatic rings. The molecule has 0 saturated heterocycles. The van der Waals surface area contributed by atoms with Gasteiger partial charge in [0, 0.05) is 26.0 Å². The van der Waals surface area contributed by atoms with Crippen LogP contribution in [0.5, 0.6) is 0 Å². The first kappa shape index (κ1) is 14.1. The predicted octanol–water partition coefficient (Wildman–Crippen LogP) is 1.44. The largest absolute Gasteiger partial charge is 0.383 e. The summed E-state index contributed by atoms with van der Waals surface area (Å²) in [7, 11) is 3.59. The SMILES string of the molecule is CNC(COC)Cc1nc(CCC(C)C)no1. The Labute approximate surface area is 103 Å². The molecule has 0 bridgehead atoms. The normalized spacial score (nSPS) is 13.2. The summed E-state index contributed by atoms with van der Waals surface area (Å²) < 4.78 is 10.3. The lowest BCUT2D eigenvalue weighted by Crippen LogP contribution is -2.32. The third kappa shape index (κ3) is 5.28. The lowest BCUT2D eigenvalue weighted by molar-refractivity contribution is 0.165. The molecule has 98 valence electrons. The molecule has 0 aromatic carbocycles. The van der Waals surface area contributed by atoms with Crippen LogP contribution in [-0.2, 0) is 17.6 Å². The number of methoxy groups -OCH3 is 1. The van der Waals surface area contributed by atoms with Crippen LogP contribution < -0.4 is 5.32 Å². The third-order valence-electron chi connectivity index (χ3n) is 2.65. The molecule has 0 saturated carbocycles. The van der Waals surface area contributed by atoms with Crippen molar-refractivity contribution >= 4 is 0 Å². The zero-order valence-electron chi connectivity index (χ0n) is 11.2. The Kier molecular flexibility index (Phi) is 6.15. The Morgan fingerprint density at radius 3 is 2.76 bits per heavy atom. The van der Waals surface area contributed by atoms with Crippen molar-refractivity contribution in [3.63, 3.8) is 0 Å².